The molecule has 0 saturated carbocycles. The average Bonchev–Trinajstić information content (AvgIpc) is 3.19. The van der Waals surface area contributed by atoms with Gasteiger partial charge in [0.2, 0.25) is 0 Å². The first kappa shape index (κ1) is 23.3. The molecule has 0 aliphatic carbocycles. The van der Waals surface area contributed by atoms with Crippen molar-refractivity contribution in [1.82, 2.24) is 15.5 Å². The zero-order valence-electron chi connectivity index (χ0n) is 15.9. The Morgan fingerprint density at radius 2 is 2.19 bits per heavy atom. The number of aliphatic imine (C=N–C) groups is 1. The van der Waals surface area contributed by atoms with Crippen LogP contribution in [0.1, 0.15) is 37.2 Å². The molecule has 8 nitrogen and oxygen atoms in total. The van der Waals surface area contributed by atoms with Gasteiger partial charge in [0.05, 0.1) is 25.3 Å². The van der Waals surface area contributed by atoms with E-state index in [9.17, 15) is 9.59 Å². The van der Waals surface area contributed by atoms with Crippen molar-refractivity contribution in [2.75, 3.05) is 39.3 Å². The number of piperidine rings is 1. The largest absolute Gasteiger partial charge is 0.466 e. The van der Waals surface area contributed by atoms with Crippen LogP contribution in [-0.2, 0) is 9.53 Å². The number of furan rings is 1. The topological polar surface area (TPSA) is 96.2 Å². The molecule has 1 aromatic rings. The summed E-state index contributed by atoms with van der Waals surface area (Å²) in [5.74, 6) is 0.531. The summed E-state index contributed by atoms with van der Waals surface area (Å²) >= 11 is 0. The Morgan fingerprint density at radius 3 is 2.85 bits per heavy atom. The van der Waals surface area contributed by atoms with E-state index >= 15 is 0 Å². The van der Waals surface area contributed by atoms with E-state index in [4.69, 9.17) is 9.15 Å². The molecule has 0 spiro atoms. The van der Waals surface area contributed by atoms with Gasteiger partial charge in [-0.1, -0.05) is 0 Å². The number of likely N-dealkylation sites (tertiary alicyclic amines) is 1. The van der Waals surface area contributed by atoms with Crippen molar-refractivity contribution in [2.45, 2.75) is 26.7 Å². The summed E-state index contributed by atoms with van der Waals surface area (Å²) in [7, 11) is 0. The fourth-order valence-corrected chi connectivity index (χ4v) is 2.87. The Kier molecular flexibility index (Phi) is 10.8. The van der Waals surface area contributed by atoms with Gasteiger partial charge in [-0.05, 0) is 38.8 Å². The van der Waals surface area contributed by atoms with Gasteiger partial charge in [-0.3, -0.25) is 14.6 Å². The Bertz CT molecular complexity index is 607. The molecule has 152 valence electrons. The Morgan fingerprint density at radius 1 is 1.37 bits per heavy atom. The molecule has 1 unspecified atom stereocenters. The van der Waals surface area contributed by atoms with Crippen LogP contribution >= 0.6 is 24.0 Å². The summed E-state index contributed by atoms with van der Waals surface area (Å²) in [6, 6.07) is 3.29. The van der Waals surface area contributed by atoms with Crippen LogP contribution in [0.2, 0.25) is 0 Å². The second-order valence-electron chi connectivity index (χ2n) is 6.01. The van der Waals surface area contributed by atoms with Gasteiger partial charge >= 0.3 is 5.97 Å². The van der Waals surface area contributed by atoms with Gasteiger partial charge < -0.3 is 24.7 Å². The number of carbonyl (C=O) groups excluding carboxylic acids is 2. The SMILES string of the molecule is CCNC(=NCCNC(=O)c1ccco1)N1CCCC(C(=O)OCC)C1.I. The van der Waals surface area contributed by atoms with Crippen molar-refractivity contribution in [3.05, 3.63) is 24.2 Å². The first-order valence-electron chi connectivity index (χ1n) is 9.17. The minimum atomic E-state index is -0.254. The molecule has 1 aliphatic heterocycles. The van der Waals surface area contributed by atoms with E-state index in [0.29, 0.717) is 26.2 Å². The molecule has 9 heteroatoms. The monoisotopic (exact) mass is 492 g/mol. The van der Waals surface area contributed by atoms with Crippen molar-refractivity contribution in [3.8, 4) is 0 Å². The number of hydrogen-bond donors (Lipinski definition) is 2. The fourth-order valence-electron chi connectivity index (χ4n) is 2.87. The number of hydrogen-bond acceptors (Lipinski definition) is 5. The van der Waals surface area contributed by atoms with E-state index in [1.165, 1.54) is 6.26 Å². The summed E-state index contributed by atoms with van der Waals surface area (Å²) in [5.41, 5.74) is 0. The Labute approximate surface area is 177 Å². The molecular formula is C18H29IN4O4. The highest BCUT2D eigenvalue weighted by Crippen LogP contribution is 2.18. The third kappa shape index (κ3) is 7.39. The van der Waals surface area contributed by atoms with Crippen LogP contribution in [0.15, 0.2) is 27.8 Å². The highest BCUT2D eigenvalue weighted by molar-refractivity contribution is 14.0. The highest BCUT2D eigenvalue weighted by Gasteiger charge is 2.28. The number of halogens is 1. The second-order valence-corrected chi connectivity index (χ2v) is 6.01. The Hall–Kier alpha value is -1.78. The number of amides is 1. The van der Waals surface area contributed by atoms with Gasteiger partial charge in [0.1, 0.15) is 0 Å². The third-order valence-electron chi connectivity index (χ3n) is 4.08. The third-order valence-corrected chi connectivity index (χ3v) is 4.08. The van der Waals surface area contributed by atoms with Crippen molar-refractivity contribution in [1.29, 1.82) is 0 Å². The van der Waals surface area contributed by atoms with Crippen LogP contribution in [0.4, 0.5) is 0 Å². The molecule has 2 heterocycles. The molecule has 0 bridgehead atoms. The van der Waals surface area contributed by atoms with Crippen LogP contribution in [-0.4, -0.2) is 62.1 Å². The molecule has 27 heavy (non-hydrogen) atoms. The van der Waals surface area contributed by atoms with Crippen LogP contribution in [0.25, 0.3) is 0 Å². The second kappa shape index (κ2) is 12.6. The quantitative estimate of drug-likeness (QED) is 0.199. The predicted molar refractivity (Wildman–Crippen MR) is 113 cm³/mol. The van der Waals surface area contributed by atoms with Crippen molar-refractivity contribution >= 4 is 41.8 Å². The number of ether oxygens (including phenoxy) is 1. The summed E-state index contributed by atoms with van der Waals surface area (Å²) < 4.78 is 10.2. The molecule has 1 amide bonds. The maximum atomic E-state index is 12.0. The first-order valence-corrected chi connectivity index (χ1v) is 9.17. The fraction of sp³-hybridized carbons (Fsp3) is 0.611. The number of guanidine groups is 1. The maximum absolute atomic E-state index is 12.0. The van der Waals surface area contributed by atoms with E-state index in [2.05, 4.69) is 20.5 Å². The molecule has 0 aromatic carbocycles. The van der Waals surface area contributed by atoms with Crippen LogP contribution < -0.4 is 10.6 Å². The first-order chi connectivity index (χ1) is 12.7. The molecule has 1 atom stereocenters. The molecule has 0 radical (unpaired) electrons. The molecular weight excluding hydrogens is 463 g/mol. The predicted octanol–water partition coefficient (Wildman–Crippen LogP) is 1.87. The van der Waals surface area contributed by atoms with Gasteiger partial charge in [0.25, 0.3) is 5.91 Å². The van der Waals surface area contributed by atoms with E-state index < -0.39 is 0 Å². The van der Waals surface area contributed by atoms with Crippen LogP contribution in [0.3, 0.4) is 0 Å². The number of rotatable bonds is 7. The number of esters is 1. The smallest absolute Gasteiger partial charge is 0.310 e. The molecule has 1 aromatic heterocycles. The van der Waals surface area contributed by atoms with Crippen LogP contribution in [0, 0.1) is 5.92 Å². The summed E-state index contributed by atoms with van der Waals surface area (Å²) in [6.45, 7) is 7.25. The van der Waals surface area contributed by atoms with E-state index in [0.717, 1.165) is 31.9 Å². The van der Waals surface area contributed by atoms with Crippen molar-refractivity contribution in [3.63, 3.8) is 0 Å². The van der Waals surface area contributed by atoms with Gasteiger partial charge in [0.15, 0.2) is 11.7 Å². The van der Waals surface area contributed by atoms with Gasteiger partial charge in [-0.15, -0.1) is 24.0 Å². The van der Waals surface area contributed by atoms with E-state index in [-0.39, 0.29) is 47.5 Å². The molecule has 1 fully saturated rings. The maximum Gasteiger partial charge on any atom is 0.310 e. The van der Waals surface area contributed by atoms with Gasteiger partial charge in [-0.2, -0.15) is 0 Å². The molecule has 2 rings (SSSR count). The van der Waals surface area contributed by atoms with E-state index in [1.54, 1.807) is 12.1 Å². The lowest BCUT2D eigenvalue weighted by atomic mass is 9.98. The van der Waals surface area contributed by atoms with Crippen LogP contribution in [0.5, 0.6) is 0 Å². The zero-order valence-corrected chi connectivity index (χ0v) is 18.2. The standard InChI is InChI=1S/C18H28N4O4.HI/c1-3-19-18(21-10-9-20-16(23)15-8-6-12-26-15)22-11-5-7-14(13-22)17(24)25-4-2;/h6,8,12,14H,3-5,7,9-11,13H2,1-2H3,(H,19,21)(H,20,23);1H. The van der Waals surface area contributed by atoms with Crippen molar-refractivity contribution in [2.24, 2.45) is 10.9 Å². The lowest BCUT2D eigenvalue weighted by Gasteiger charge is -2.34. The number of nitrogens with zero attached hydrogens (tertiary/aromatic N) is 2. The molecule has 2 N–H and O–H groups in total. The van der Waals surface area contributed by atoms with E-state index in [1.807, 2.05) is 13.8 Å². The van der Waals surface area contributed by atoms with Gasteiger partial charge in [-0.25, -0.2) is 0 Å². The lowest BCUT2D eigenvalue weighted by molar-refractivity contribution is -0.149. The molecule has 1 saturated heterocycles. The highest BCUT2D eigenvalue weighted by atomic mass is 127. The normalized spacial score (nSPS) is 17.0. The summed E-state index contributed by atoms with van der Waals surface area (Å²) in [4.78, 5) is 30.5. The number of carbonyl (C=O) groups is 2. The minimum absolute atomic E-state index is 0. The Balaban J connectivity index is 0.00000364. The van der Waals surface area contributed by atoms with Crippen molar-refractivity contribution < 1.29 is 18.7 Å². The average molecular weight is 492 g/mol. The summed E-state index contributed by atoms with van der Waals surface area (Å²) in [6.07, 6.45) is 3.23. The zero-order chi connectivity index (χ0) is 18.8. The number of nitrogens with one attached hydrogen (secondary N) is 2. The minimum Gasteiger partial charge on any atom is -0.466 e. The lowest BCUT2D eigenvalue weighted by Crippen LogP contribution is -2.48. The molecule has 1 aliphatic rings. The van der Waals surface area contributed by atoms with Gasteiger partial charge in [0, 0.05) is 26.2 Å². The summed E-state index contributed by atoms with van der Waals surface area (Å²) in [5, 5.41) is 6.02.